The molecule has 2 aromatic carbocycles. The molecule has 0 heterocycles. The number of hydrogen-bond donors (Lipinski definition) is 2. The number of benzene rings is 2. The Morgan fingerprint density at radius 1 is 0.600 bits per heavy atom. The maximum absolute atomic E-state index is 9.50. The predicted molar refractivity (Wildman–Crippen MR) is 82.1 cm³/mol. The minimum Gasteiger partial charge on any atom is -0.508 e. The van der Waals surface area contributed by atoms with E-state index in [-0.39, 0.29) is 22.3 Å². The minimum absolute atomic E-state index is 0.0130. The van der Waals surface area contributed by atoms with Gasteiger partial charge in [0.15, 0.2) is 0 Å². The Labute approximate surface area is 120 Å². The predicted octanol–water partition coefficient (Wildman–Crippen LogP) is 4.45. The van der Waals surface area contributed by atoms with E-state index in [0.29, 0.717) is 0 Å². The van der Waals surface area contributed by atoms with Crippen molar-refractivity contribution in [3.63, 3.8) is 0 Å². The zero-order valence-corrected chi connectivity index (χ0v) is 12.5. The third kappa shape index (κ3) is 2.38. The van der Waals surface area contributed by atoms with Crippen LogP contribution in [-0.4, -0.2) is 10.2 Å². The summed E-state index contributed by atoms with van der Waals surface area (Å²) in [6.45, 7) is 8.80. The molecule has 2 rings (SSSR count). The van der Waals surface area contributed by atoms with Gasteiger partial charge in [0.25, 0.3) is 0 Å². The van der Waals surface area contributed by atoms with Gasteiger partial charge in [-0.3, -0.25) is 0 Å². The molecule has 2 N–H and O–H groups in total. The van der Waals surface area contributed by atoms with E-state index in [2.05, 4.69) is 27.7 Å². The van der Waals surface area contributed by atoms with Crippen LogP contribution in [-0.2, 0) is 5.41 Å². The monoisotopic (exact) mass is 270 g/mol. The van der Waals surface area contributed by atoms with Crippen molar-refractivity contribution in [3.8, 4) is 11.5 Å². The van der Waals surface area contributed by atoms with E-state index in [0.717, 1.165) is 11.1 Å². The van der Waals surface area contributed by atoms with E-state index >= 15 is 0 Å². The fraction of sp³-hybridized carbons (Fsp3) is 0.333. The highest BCUT2D eigenvalue weighted by Crippen LogP contribution is 2.47. The highest BCUT2D eigenvalue weighted by molar-refractivity contribution is 5.44. The van der Waals surface area contributed by atoms with Gasteiger partial charge in [0.05, 0.1) is 0 Å². The molecule has 0 saturated carbocycles. The average Bonchev–Trinajstić information content (AvgIpc) is 2.38. The normalized spacial score (nSPS) is 12.4. The fourth-order valence-electron chi connectivity index (χ4n) is 2.62. The van der Waals surface area contributed by atoms with Crippen LogP contribution < -0.4 is 0 Å². The van der Waals surface area contributed by atoms with Gasteiger partial charge in [0.1, 0.15) is 11.5 Å². The third-order valence-corrected chi connectivity index (χ3v) is 4.39. The Morgan fingerprint density at radius 3 is 1.15 bits per heavy atom. The summed E-state index contributed by atoms with van der Waals surface area (Å²) < 4.78 is 0. The Hall–Kier alpha value is -1.96. The quantitative estimate of drug-likeness (QED) is 0.846. The van der Waals surface area contributed by atoms with Crippen LogP contribution in [0.3, 0.4) is 0 Å². The van der Waals surface area contributed by atoms with E-state index in [1.54, 1.807) is 24.3 Å². The van der Waals surface area contributed by atoms with Gasteiger partial charge in [-0.1, -0.05) is 52.0 Å². The molecule has 0 aromatic heterocycles. The van der Waals surface area contributed by atoms with Crippen molar-refractivity contribution in [1.82, 2.24) is 0 Å². The van der Waals surface area contributed by atoms with Gasteiger partial charge >= 0.3 is 0 Å². The lowest BCUT2D eigenvalue weighted by atomic mass is 9.60. The summed E-state index contributed by atoms with van der Waals surface area (Å²) in [5.41, 5.74) is 2.07. The lowest BCUT2D eigenvalue weighted by Gasteiger charge is -2.43. The highest BCUT2D eigenvalue weighted by Gasteiger charge is 2.40. The molecule has 0 saturated heterocycles. The SMILES string of the molecule is CC(C)(C)C(C)(c1ccc(O)cc1)c1ccc(O)cc1. The smallest absolute Gasteiger partial charge is 0.115 e. The molecule has 2 aromatic rings. The van der Waals surface area contributed by atoms with Crippen molar-refractivity contribution in [3.05, 3.63) is 59.7 Å². The molecule has 0 fully saturated rings. The maximum atomic E-state index is 9.50. The molecular formula is C18H22O2. The molecule has 0 aliphatic rings. The Kier molecular flexibility index (Phi) is 3.51. The third-order valence-electron chi connectivity index (χ3n) is 4.39. The van der Waals surface area contributed by atoms with Crippen LogP contribution in [0, 0.1) is 5.41 Å². The minimum atomic E-state index is -0.214. The van der Waals surface area contributed by atoms with Crippen LogP contribution in [0.25, 0.3) is 0 Å². The van der Waals surface area contributed by atoms with Crippen molar-refractivity contribution in [1.29, 1.82) is 0 Å². The molecule has 2 nitrogen and oxygen atoms in total. The number of phenols is 2. The summed E-state index contributed by atoms with van der Waals surface area (Å²) >= 11 is 0. The molecule has 0 spiro atoms. The van der Waals surface area contributed by atoms with E-state index in [1.807, 2.05) is 24.3 Å². The topological polar surface area (TPSA) is 40.5 Å². The molecule has 0 bridgehead atoms. The van der Waals surface area contributed by atoms with E-state index in [9.17, 15) is 10.2 Å². The van der Waals surface area contributed by atoms with Crippen molar-refractivity contribution in [2.45, 2.75) is 33.1 Å². The second-order valence-corrected chi connectivity index (χ2v) is 6.47. The second kappa shape index (κ2) is 4.86. The number of hydrogen-bond acceptors (Lipinski definition) is 2. The van der Waals surface area contributed by atoms with E-state index in [1.165, 1.54) is 0 Å². The Morgan fingerprint density at radius 2 is 0.900 bits per heavy atom. The van der Waals surface area contributed by atoms with Crippen LogP contribution in [0.4, 0.5) is 0 Å². The summed E-state index contributed by atoms with van der Waals surface area (Å²) in [5.74, 6) is 0.548. The van der Waals surface area contributed by atoms with Gasteiger partial charge in [-0.25, -0.2) is 0 Å². The zero-order chi connectivity index (χ0) is 15.0. The average molecular weight is 270 g/mol. The number of rotatable bonds is 2. The molecule has 106 valence electrons. The molecule has 0 aliphatic carbocycles. The molecule has 0 unspecified atom stereocenters. The van der Waals surface area contributed by atoms with Crippen LogP contribution >= 0.6 is 0 Å². The summed E-state index contributed by atoms with van der Waals surface area (Å²) in [5, 5.41) is 19.0. The molecular weight excluding hydrogens is 248 g/mol. The molecule has 0 radical (unpaired) electrons. The first-order chi connectivity index (χ1) is 9.25. The molecule has 0 amide bonds. The lowest BCUT2D eigenvalue weighted by molar-refractivity contribution is 0.249. The highest BCUT2D eigenvalue weighted by atomic mass is 16.3. The van der Waals surface area contributed by atoms with Gasteiger partial charge in [-0.05, 0) is 40.8 Å². The van der Waals surface area contributed by atoms with Gasteiger partial charge in [-0.15, -0.1) is 0 Å². The van der Waals surface area contributed by atoms with Crippen LogP contribution in [0.1, 0.15) is 38.8 Å². The van der Waals surface area contributed by atoms with Gasteiger partial charge in [0.2, 0.25) is 0 Å². The number of aromatic hydroxyl groups is 2. The molecule has 2 heteroatoms. The first-order valence-electron chi connectivity index (χ1n) is 6.84. The Bertz CT molecular complexity index is 529. The lowest BCUT2D eigenvalue weighted by Crippen LogP contribution is -2.38. The van der Waals surface area contributed by atoms with Crippen molar-refractivity contribution in [2.24, 2.45) is 5.41 Å². The molecule has 0 aliphatic heterocycles. The maximum Gasteiger partial charge on any atom is 0.115 e. The molecule has 0 atom stereocenters. The standard InChI is InChI=1S/C18H22O2/c1-17(2,3)18(4,13-5-9-15(19)10-6-13)14-7-11-16(20)12-8-14/h5-12,19-20H,1-4H3. The van der Waals surface area contributed by atoms with Crippen molar-refractivity contribution in [2.75, 3.05) is 0 Å². The number of phenolic OH excluding ortho intramolecular Hbond substituents is 2. The fourth-order valence-corrected chi connectivity index (χ4v) is 2.62. The zero-order valence-electron chi connectivity index (χ0n) is 12.5. The summed E-state index contributed by atoms with van der Waals surface area (Å²) in [7, 11) is 0. The van der Waals surface area contributed by atoms with Gasteiger partial charge < -0.3 is 10.2 Å². The Balaban J connectivity index is 2.62. The van der Waals surface area contributed by atoms with Gasteiger partial charge in [-0.2, -0.15) is 0 Å². The van der Waals surface area contributed by atoms with E-state index in [4.69, 9.17) is 0 Å². The second-order valence-electron chi connectivity index (χ2n) is 6.47. The first kappa shape index (κ1) is 14.4. The first-order valence-corrected chi connectivity index (χ1v) is 6.84. The van der Waals surface area contributed by atoms with E-state index < -0.39 is 0 Å². The summed E-state index contributed by atoms with van der Waals surface area (Å²) in [4.78, 5) is 0. The van der Waals surface area contributed by atoms with Crippen molar-refractivity contribution >= 4 is 0 Å². The summed E-state index contributed by atoms with van der Waals surface area (Å²) in [6.07, 6.45) is 0. The van der Waals surface area contributed by atoms with Gasteiger partial charge in [0, 0.05) is 5.41 Å². The van der Waals surface area contributed by atoms with Crippen LogP contribution in [0.5, 0.6) is 11.5 Å². The van der Waals surface area contributed by atoms with Crippen LogP contribution in [0.2, 0.25) is 0 Å². The van der Waals surface area contributed by atoms with Crippen LogP contribution in [0.15, 0.2) is 48.5 Å². The van der Waals surface area contributed by atoms with Crippen molar-refractivity contribution < 1.29 is 10.2 Å². The largest absolute Gasteiger partial charge is 0.508 e. The molecule has 20 heavy (non-hydrogen) atoms. The summed E-state index contributed by atoms with van der Waals surface area (Å²) in [6, 6.07) is 14.8.